The van der Waals surface area contributed by atoms with Crippen molar-refractivity contribution in [2.24, 2.45) is 0 Å². The van der Waals surface area contributed by atoms with Gasteiger partial charge >= 0.3 is 5.97 Å². The largest absolute Gasteiger partial charge is 0.480 e. The Kier molecular flexibility index (Phi) is 5.76. The molecule has 1 amide bonds. The summed E-state index contributed by atoms with van der Waals surface area (Å²) >= 11 is 0. The van der Waals surface area contributed by atoms with Gasteiger partial charge in [-0.1, -0.05) is 18.2 Å². The van der Waals surface area contributed by atoms with E-state index in [9.17, 15) is 19.1 Å². The van der Waals surface area contributed by atoms with Gasteiger partial charge in [-0.15, -0.1) is 0 Å². The van der Waals surface area contributed by atoms with Crippen LogP contribution in [0.2, 0.25) is 0 Å². The number of para-hydroxylation sites is 1. The molecule has 0 aliphatic heterocycles. The zero-order valence-electron chi connectivity index (χ0n) is 12.2. The van der Waals surface area contributed by atoms with Gasteiger partial charge in [0.2, 0.25) is 5.91 Å². The molecule has 120 valence electrons. The van der Waals surface area contributed by atoms with E-state index in [1.54, 1.807) is 30.6 Å². The number of aliphatic carboxylic acids is 1. The van der Waals surface area contributed by atoms with E-state index in [2.05, 4.69) is 15.6 Å². The molecule has 6 nitrogen and oxygen atoms in total. The number of carboxylic acid groups (broad SMARTS) is 1. The Morgan fingerprint density at radius 2 is 2.00 bits per heavy atom. The Morgan fingerprint density at radius 3 is 2.65 bits per heavy atom. The predicted octanol–water partition coefficient (Wildman–Crippen LogP) is 1.79. The Hall–Kier alpha value is -2.80. The van der Waals surface area contributed by atoms with E-state index < -0.39 is 23.7 Å². The maximum atomic E-state index is 13.5. The topological polar surface area (TPSA) is 91.3 Å². The van der Waals surface area contributed by atoms with Crippen molar-refractivity contribution in [3.8, 4) is 0 Å². The molecule has 2 aromatic rings. The number of rotatable bonds is 7. The molecule has 7 heteroatoms. The number of pyridine rings is 1. The van der Waals surface area contributed by atoms with Gasteiger partial charge in [0, 0.05) is 18.9 Å². The van der Waals surface area contributed by atoms with Gasteiger partial charge in [-0.25, -0.2) is 4.39 Å². The smallest absolute Gasteiger partial charge is 0.321 e. The summed E-state index contributed by atoms with van der Waals surface area (Å²) in [6, 6.07) is 8.14. The van der Waals surface area contributed by atoms with E-state index in [1.807, 2.05) is 0 Å². The SMILES string of the molecule is O=C(CC(NCc1cccnc1)C(=O)O)Nc1ccccc1F. The fourth-order valence-electron chi connectivity index (χ4n) is 1.94. The first-order valence-corrected chi connectivity index (χ1v) is 6.95. The number of carbonyl (C=O) groups is 2. The molecule has 0 spiro atoms. The second-order valence-electron chi connectivity index (χ2n) is 4.87. The third kappa shape index (κ3) is 5.15. The van der Waals surface area contributed by atoms with Crippen molar-refractivity contribution in [1.29, 1.82) is 0 Å². The summed E-state index contributed by atoms with van der Waals surface area (Å²) in [5.74, 6) is -2.31. The highest BCUT2D eigenvalue weighted by atomic mass is 19.1. The zero-order chi connectivity index (χ0) is 16.7. The van der Waals surface area contributed by atoms with E-state index in [0.29, 0.717) is 0 Å². The van der Waals surface area contributed by atoms with E-state index in [-0.39, 0.29) is 18.7 Å². The molecule has 0 aliphatic rings. The third-order valence-electron chi connectivity index (χ3n) is 3.11. The van der Waals surface area contributed by atoms with Crippen LogP contribution in [0.25, 0.3) is 0 Å². The van der Waals surface area contributed by atoms with Gasteiger partial charge in [0.1, 0.15) is 11.9 Å². The number of nitrogens with one attached hydrogen (secondary N) is 2. The number of carboxylic acids is 1. The molecule has 1 unspecified atom stereocenters. The van der Waals surface area contributed by atoms with Gasteiger partial charge in [0.05, 0.1) is 12.1 Å². The van der Waals surface area contributed by atoms with Gasteiger partial charge < -0.3 is 10.4 Å². The van der Waals surface area contributed by atoms with Gasteiger partial charge in [0.15, 0.2) is 0 Å². The van der Waals surface area contributed by atoms with E-state index >= 15 is 0 Å². The second-order valence-corrected chi connectivity index (χ2v) is 4.87. The summed E-state index contributed by atoms with van der Waals surface area (Å²) in [5, 5.41) is 14.3. The molecular weight excluding hydrogens is 301 g/mol. The lowest BCUT2D eigenvalue weighted by molar-refractivity contribution is -0.141. The molecule has 0 bridgehead atoms. The zero-order valence-corrected chi connectivity index (χ0v) is 12.2. The van der Waals surface area contributed by atoms with Crippen molar-refractivity contribution >= 4 is 17.6 Å². The van der Waals surface area contributed by atoms with Crippen molar-refractivity contribution < 1.29 is 19.1 Å². The normalized spacial score (nSPS) is 11.7. The average Bonchev–Trinajstić information content (AvgIpc) is 2.54. The number of anilines is 1. The summed E-state index contributed by atoms with van der Waals surface area (Å²) in [6.07, 6.45) is 2.90. The maximum Gasteiger partial charge on any atom is 0.321 e. The number of nitrogens with zero attached hydrogens (tertiary/aromatic N) is 1. The second kappa shape index (κ2) is 8.00. The van der Waals surface area contributed by atoms with Crippen LogP contribution in [-0.2, 0) is 16.1 Å². The molecule has 1 aromatic heterocycles. The summed E-state index contributed by atoms with van der Waals surface area (Å²) < 4.78 is 13.5. The van der Waals surface area contributed by atoms with E-state index in [4.69, 9.17) is 0 Å². The van der Waals surface area contributed by atoms with Gasteiger partial charge in [-0.05, 0) is 23.8 Å². The average molecular weight is 317 g/mol. The minimum absolute atomic E-state index is 0.0221. The highest BCUT2D eigenvalue weighted by Gasteiger charge is 2.21. The van der Waals surface area contributed by atoms with Crippen LogP contribution in [0.15, 0.2) is 48.8 Å². The molecule has 1 heterocycles. The first-order valence-electron chi connectivity index (χ1n) is 6.95. The minimum Gasteiger partial charge on any atom is -0.480 e. The van der Waals surface area contributed by atoms with E-state index in [1.165, 1.54) is 18.2 Å². The van der Waals surface area contributed by atoms with Crippen LogP contribution in [0.1, 0.15) is 12.0 Å². The number of hydrogen-bond donors (Lipinski definition) is 3. The van der Waals surface area contributed by atoms with Gasteiger partial charge in [-0.3, -0.25) is 19.9 Å². The number of hydrogen-bond acceptors (Lipinski definition) is 4. The molecule has 0 saturated carbocycles. The quantitative estimate of drug-likeness (QED) is 0.724. The molecule has 0 fully saturated rings. The molecule has 1 aromatic carbocycles. The first-order chi connectivity index (χ1) is 11.1. The summed E-state index contributed by atoms with van der Waals surface area (Å²) in [5.41, 5.74) is 0.821. The molecule has 0 saturated heterocycles. The lowest BCUT2D eigenvalue weighted by Gasteiger charge is -2.14. The fourth-order valence-corrected chi connectivity index (χ4v) is 1.94. The predicted molar refractivity (Wildman–Crippen MR) is 82.1 cm³/mol. The lowest BCUT2D eigenvalue weighted by Crippen LogP contribution is -2.39. The summed E-state index contributed by atoms with van der Waals surface area (Å²) in [6.45, 7) is 0.262. The summed E-state index contributed by atoms with van der Waals surface area (Å²) in [4.78, 5) is 27.1. The van der Waals surface area contributed by atoms with Crippen molar-refractivity contribution in [3.63, 3.8) is 0 Å². The van der Waals surface area contributed by atoms with Crippen LogP contribution in [0.3, 0.4) is 0 Å². The van der Waals surface area contributed by atoms with Crippen LogP contribution in [0.5, 0.6) is 0 Å². The van der Waals surface area contributed by atoms with Crippen molar-refractivity contribution in [3.05, 3.63) is 60.2 Å². The van der Waals surface area contributed by atoms with Crippen molar-refractivity contribution in [2.45, 2.75) is 19.0 Å². The molecule has 1 atom stereocenters. The molecule has 3 N–H and O–H groups in total. The van der Waals surface area contributed by atoms with Gasteiger partial charge in [-0.2, -0.15) is 0 Å². The Morgan fingerprint density at radius 1 is 1.22 bits per heavy atom. The van der Waals surface area contributed by atoms with Crippen molar-refractivity contribution in [1.82, 2.24) is 10.3 Å². The standard InChI is InChI=1S/C16H16FN3O3/c17-12-5-1-2-6-13(12)20-15(21)8-14(16(22)23)19-10-11-4-3-7-18-9-11/h1-7,9,14,19H,8,10H2,(H,20,21)(H,22,23). The number of halogens is 1. The first kappa shape index (κ1) is 16.6. The molecular formula is C16H16FN3O3. The summed E-state index contributed by atoms with van der Waals surface area (Å²) in [7, 11) is 0. The van der Waals surface area contributed by atoms with Crippen LogP contribution < -0.4 is 10.6 Å². The van der Waals surface area contributed by atoms with Crippen LogP contribution in [-0.4, -0.2) is 28.0 Å². The monoisotopic (exact) mass is 317 g/mol. The molecule has 0 aliphatic carbocycles. The lowest BCUT2D eigenvalue weighted by atomic mass is 10.1. The number of amides is 1. The van der Waals surface area contributed by atoms with Crippen LogP contribution in [0.4, 0.5) is 10.1 Å². The Balaban J connectivity index is 1.92. The maximum absolute atomic E-state index is 13.5. The van der Waals surface area contributed by atoms with E-state index in [0.717, 1.165) is 5.56 Å². The van der Waals surface area contributed by atoms with Gasteiger partial charge in [0.25, 0.3) is 0 Å². The molecule has 23 heavy (non-hydrogen) atoms. The number of aromatic nitrogens is 1. The third-order valence-corrected chi connectivity index (χ3v) is 3.11. The molecule has 2 rings (SSSR count). The van der Waals surface area contributed by atoms with Crippen LogP contribution in [0, 0.1) is 5.82 Å². The Labute approximate surface area is 132 Å². The number of benzene rings is 1. The Bertz CT molecular complexity index is 679. The van der Waals surface area contributed by atoms with Crippen LogP contribution >= 0.6 is 0 Å². The highest BCUT2D eigenvalue weighted by molar-refractivity contribution is 5.94. The number of carbonyl (C=O) groups excluding carboxylic acids is 1. The van der Waals surface area contributed by atoms with Crippen molar-refractivity contribution in [2.75, 3.05) is 5.32 Å². The fraction of sp³-hybridized carbons (Fsp3) is 0.188. The molecule has 0 radical (unpaired) electrons. The minimum atomic E-state index is -1.16. The highest BCUT2D eigenvalue weighted by Crippen LogP contribution is 2.13.